The second-order valence-corrected chi connectivity index (χ2v) is 5.60. The van der Waals surface area contributed by atoms with Gasteiger partial charge in [0.2, 0.25) is 11.8 Å². The van der Waals surface area contributed by atoms with Gasteiger partial charge in [-0.2, -0.15) is 0 Å². The molecule has 0 saturated heterocycles. The van der Waals surface area contributed by atoms with Gasteiger partial charge in [-0.15, -0.1) is 24.8 Å². The molecule has 0 aliphatic rings. The zero-order valence-electron chi connectivity index (χ0n) is 13.8. The zero-order chi connectivity index (χ0) is 16.3. The number of hydrogen-bond acceptors (Lipinski definition) is 4. The summed E-state index contributed by atoms with van der Waals surface area (Å²) in [5.74, 6) is -0.610. The van der Waals surface area contributed by atoms with Gasteiger partial charge < -0.3 is 20.8 Å². The van der Waals surface area contributed by atoms with Crippen LogP contribution in [-0.2, 0) is 9.59 Å². The van der Waals surface area contributed by atoms with Crippen molar-refractivity contribution < 1.29 is 9.59 Å². The summed E-state index contributed by atoms with van der Waals surface area (Å²) in [5, 5.41) is 5.25. The summed E-state index contributed by atoms with van der Waals surface area (Å²) in [6.07, 6.45) is 3.64. The first-order chi connectivity index (χ1) is 10.4. The van der Waals surface area contributed by atoms with Gasteiger partial charge >= 0.3 is 0 Å². The second-order valence-electron chi connectivity index (χ2n) is 5.60. The fourth-order valence-electron chi connectivity index (χ4n) is 1.99. The minimum Gasteiger partial charge on any atom is -0.346 e. The Bertz CT molecular complexity index is 702. The van der Waals surface area contributed by atoms with Crippen molar-refractivity contribution in [1.29, 1.82) is 0 Å². The average molecular weight is 376 g/mol. The Kier molecular flexibility index (Phi) is 8.74. The molecule has 134 valence electrons. The van der Waals surface area contributed by atoms with E-state index in [2.05, 4.69) is 15.6 Å². The lowest BCUT2D eigenvalue weighted by Gasteiger charge is -2.15. The number of carbonyl (C=O) groups is 2. The summed E-state index contributed by atoms with van der Waals surface area (Å²) < 4.78 is 1.83. The van der Waals surface area contributed by atoms with Crippen LogP contribution in [0.3, 0.4) is 0 Å². The molecule has 9 heteroatoms. The number of imidazole rings is 1. The molecule has 0 unspecified atom stereocenters. The Hall–Kier alpha value is -1.83. The summed E-state index contributed by atoms with van der Waals surface area (Å²) in [6, 6.07) is 2.97. The van der Waals surface area contributed by atoms with Gasteiger partial charge in [-0.1, -0.05) is 13.8 Å². The molecule has 0 aliphatic heterocycles. The summed E-state index contributed by atoms with van der Waals surface area (Å²) in [6.45, 7) is 5.50. The minimum atomic E-state index is -0.613. The fourth-order valence-corrected chi connectivity index (χ4v) is 1.99. The molecule has 4 N–H and O–H groups in total. The van der Waals surface area contributed by atoms with Gasteiger partial charge in [-0.25, -0.2) is 4.98 Å². The smallest absolute Gasteiger partial charge is 0.243 e. The number of anilines is 1. The number of nitrogens with one attached hydrogen (secondary N) is 2. The monoisotopic (exact) mass is 375 g/mol. The quantitative estimate of drug-likeness (QED) is 0.737. The van der Waals surface area contributed by atoms with E-state index >= 15 is 0 Å². The van der Waals surface area contributed by atoms with E-state index in [1.54, 1.807) is 12.3 Å². The van der Waals surface area contributed by atoms with Gasteiger partial charge in [0.25, 0.3) is 0 Å². The highest BCUT2D eigenvalue weighted by molar-refractivity contribution is 5.95. The molecule has 2 aromatic heterocycles. The number of pyridine rings is 1. The maximum Gasteiger partial charge on any atom is 0.243 e. The summed E-state index contributed by atoms with van der Waals surface area (Å²) in [7, 11) is 0. The van der Waals surface area contributed by atoms with Crippen LogP contribution < -0.4 is 16.4 Å². The van der Waals surface area contributed by atoms with Crippen LogP contribution in [0.25, 0.3) is 5.65 Å². The Morgan fingerprint density at radius 2 is 1.92 bits per heavy atom. The fraction of sp³-hybridized carbons (Fsp3) is 0.400. The number of aromatic nitrogens is 2. The van der Waals surface area contributed by atoms with Crippen molar-refractivity contribution in [2.75, 3.05) is 11.9 Å². The minimum absolute atomic E-state index is 0. The predicted octanol–water partition coefficient (Wildman–Crippen LogP) is 1.52. The van der Waals surface area contributed by atoms with E-state index in [-0.39, 0.29) is 49.1 Å². The van der Waals surface area contributed by atoms with Gasteiger partial charge in [0.15, 0.2) is 0 Å². The highest BCUT2D eigenvalue weighted by Crippen LogP contribution is 2.11. The molecule has 0 spiro atoms. The highest BCUT2D eigenvalue weighted by Gasteiger charge is 2.17. The number of fused-ring (bicyclic) bond motifs is 1. The number of halogens is 2. The molecule has 2 amide bonds. The van der Waals surface area contributed by atoms with Crippen LogP contribution in [0, 0.1) is 12.8 Å². The maximum atomic E-state index is 11.9. The third kappa shape index (κ3) is 5.67. The molecule has 2 rings (SSSR count). The molecule has 0 aliphatic carbocycles. The number of nitrogens with zero attached hydrogens (tertiary/aromatic N) is 2. The van der Waals surface area contributed by atoms with Crippen molar-refractivity contribution in [3.05, 3.63) is 30.2 Å². The topological polar surface area (TPSA) is 102 Å². The Morgan fingerprint density at radius 1 is 1.25 bits per heavy atom. The number of carbonyl (C=O) groups excluding carboxylic acids is 2. The Labute approximate surface area is 153 Å². The highest BCUT2D eigenvalue weighted by atomic mass is 35.5. The van der Waals surface area contributed by atoms with E-state index < -0.39 is 6.04 Å². The van der Waals surface area contributed by atoms with E-state index in [0.717, 1.165) is 11.3 Å². The molecular weight excluding hydrogens is 353 g/mol. The van der Waals surface area contributed by atoms with Crippen molar-refractivity contribution in [1.82, 2.24) is 14.7 Å². The molecule has 1 atom stereocenters. The molecule has 0 aromatic carbocycles. The Morgan fingerprint density at radius 3 is 2.54 bits per heavy atom. The van der Waals surface area contributed by atoms with Crippen LogP contribution in [0.5, 0.6) is 0 Å². The van der Waals surface area contributed by atoms with E-state index in [1.807, 2.05) is 37.4 Å². The van der Waals surface area contributed by atoms with E-state index in [9.17, 15) is 9.59 Å². The number of amides is 2. The lowest BCUT2D eigenvalue weighted by Crippen LogP contribution is -2.46. The molecule has 0 fully saturated rings. The first-order valence-electron chi connectivity index (χ1n) is 7.15. The van der Waals surface area contributed by atoms with E-state index in [4.69, 9.17) is 5.73 Å². The summed E-state index contributed by atoms with van der Waals surface area (Å²) in [5.41, 5.74) is 8.06. The van der Waals surface area contributed by atoms with Gasteiger partial charge in [0.1, 0.15) is 5.65 Å². The summed E-state index contributed by atoms with van der Waals surface area (Å²) >= 11 is 0. The normalized spacial score (nSPS) is 11.4. The van der Waals surface area contributed by atoms with Gasteiger partial charge in [-0.3, -0.25) is 9.59 Å². The molecule has 0 radical (unpaired) electrons. The van der Waals surface area contributed by atoms with Crippen molar-refractivity contribution >= 4 is 48.0 Å². The third-order valence-corrected chi connectivity index (χ3v) is 3.30. The van der Waals surface area contributed by atoms with Crippen LogP contribution in [0.15, 0.2) is 24.5 Å². The molecule has 2 aromatic rings. The number of rotatable bonds is 5. The second kappa shape index (κ2) is 9.46. The van der Waals surface area contributed by atoms with Gasteiger partial charge in [0.05, 0.1) is 24.0 Å². The SMILES string of the molecule is Cc1cn2cc(NC(=O)CNC(=O)[C@@H](N)C(C)C)ccc2n1.Cl.Cl. The standard InChI is InChI=1S/C15H21N5O2.2ClH/c1-9(2)14(16)15(22)17-6-13(21)19-11-4-5-12-18-10(3)7-20(12)8-11;;/h4-5,7-9,14H,6,16H2,1-3H3,(H,17,22)(H,19,21);2*1H/t14-;;/m0../s1. The van der Waals surface area contributed by atoms with Crippen LogP contribution >= 0.6 is 24.8 Å². The van der Waals surface area contributed by atoms with Crippen molar-refractivity contribution in [3.63, 3.8) is 0 Å². The first-order valence-corrected chi connectivity index (χ1v) is 7.15. The molecule has 0 bridgehead atoms. The maximum absolute atomic E-state index is 11.9. The van der Waals surface area contributed by atoms with Crippen LogP contribution in [0.4, 0.5) is 5.69 Å². The van der Waals surface area contributed by atoms with Crippen LogP contribution in [0.2, 0.25) is 0 Å². The van der Waals surface area contributed by atoms with Crippen molar-refractivity contribution in [2.24, 2.45) is 11.7 Å². The largest absolute Gasteiger partial charge is 0.346 e. The first kappa shape index (κ1) is 22.2. The molecule has 24 heavy (non-hydrogen) atoms. The zero-order valence-corrected chi connectivity index (χ0v) is 15.4. The molecule has 7 nitrogen and oxygen atoms in total. The van der Waals surface area contributed by atoms with Crippen molar-refractivity contribution in [2.45, 2.75) is 26.8 Å². The van der Waals surface area contributed by atoms with E-state index in [0.29, 0.717) is 5.69 Å². The number of hydrogen-bond donors (Lipinski definition) is 3. The van der Waals surface area contributed by atoms with Crippen LogP contribution in [-0.4, -0.2) is 33.8 Å². The number of nitrogens with two attached hydrogens (primary N) is 1. The average Bonchev–Trinajstić information content (AvgIpc) is 2.83. The van der Waals surface area contributed by atoms with Gasteiger partial charge in [0, 0.05) is 12.4 Å². The lowest BCUT2D eigenvalue weighted by atomic mass is 10.1. The Balaban J connectivity index is 0.00000264. The van der Waals surface area contributed by atoms with E-state index in [1.165, 1.54) is 0 Å². The summed E-state index contributed by atoms with van der Waals surface area (Å²) in [4.78, 5) is 27.9. The van der Waals surface area contributed by atoms with Crippen molar-refractivity contribution in [3.8, 4) is 0 Å². The number of aryl methyl sites for hydroxylation is 1. The molecular formula is C15H23Cl2N5O2. The molecule has 2 heterocycles. The molecule has 0 saturated carbocycles. The third-order valence-electron chi connectivity index (χ3n) is 3.30. The van der Waals surface area contributed by atoms with Crippen LogP contribution in [0.1, 0.15) is 19.5 Å². The lowest BCUT2D eigenvalue weighted by molar-refractivity contribution is -0.125. The predicted molar refractivity (Wildman–Crippen MR) is 98.9 cm³/mol. The van der Waals surface area contributed by atoms with Gasteiger partial charge in [-0.05, 0) is 25.0 Å².